The molecular formula is C16H26N2O2. The number of carbonyl (C=O) groups is 1. The minimum atomic E-state index is 0.0902. The highest BCUT2D eigenvalue weighted by molar-refractivity contribution is 5.76. The van der Waals surface area contributed by atoms with E-state index in [1.807, 2.05) is 19.1 Å². The first-order valence-corrected chi connectivity index (χ1v) is 7.38. The third-order valence-electron chi connectivity index (χ3n) is 3.47. The van der Waals surface area contributed by atoms with E-state index in [0.29, 0.717) is 13.0 Å². The molecule has 0 fully saturated rings. The van der Waals surface area contributed by atoms with Crippen LogP contribution in [-0.4, -0.2) is 23.6 Å². The van der Waals surface area contributed by atoms with E-state index in [1.54, 1.807) is 12.1 Å². The molecule has 3 N–H and O–H groups in total. The Hall–Kier alpha value is -1.55. The molecule has 20 heavy (non-hydrogen) atoms. The van der Waals surface area contributed by atoms with Gasteiger partial charge in [-0.3, -0.25) is 4.79 Å². The van der Waals surface area contributed by atoms with Crippen molar-refractivity contribution in [3.05, 3.63) is 29.8 Å². The van der Waals surface area contributed by atoms with E-state index in [1.165, 1.54) is 0 Å². The van der Waals surface area contributed by atoms with Gasteiger partial charge in [0.25, 0.3) is 0 Å². The van der Waals surface area contributed by atoms with Crippen LogP contribution in [0, 0.1) is 0 Å². The Morgan fingerprint density at radius 2 is 1.85 bits per heavy atom. The number of phenols is 1. The molecule has 1 aromatic rings. The highest BCUT2D eigenvalue weighted by Gasteiger charge is 2.10. The van der Waals surface area contributed by atoms with Gasteiger partial charge in [-0.05, 0) is 37.5 Å². The summed E-state index contributed by atoms with van der Waals surface area (Å²) >= 11 is 0. The summed E-state index contributed by atoms with van der Waals surface area (Å²) in [5, 5.41) is 15.6. The molecule has 0 bridgehead atoms. The van der Waals surface area contributed by atoms with Gasteiger partial charge in [-0.2, -0.15) is 0 Å². The number of carbonyl (C=O) groups excluding carboxylic acids is 1. The number of nitrogens with one attached hydrogen (secondary N) is 2. The lowest BCUT2D eigenvalue weighted by molar-refractivity contribution is -0.121. The predicted octanol–water partition coefficient (Wildman–Crippen LogP) is 2.74. The Balaban J connectivity index is 2.38. The molecule has 1 aromatic carbocycles. The fraction of sp³-hybridized carbons (Fsp3) is 0.562. The maximum absolute atomic E-state index is 11.7. The molecule has 112 valence electrons. The average Bonchev–Trinajstić information content (AvgIpc) is 2.44. The number of hydrogen-bond acceptors (Lipinski definition) is 3. The van der Waals surface area contributed by atoms with Crippen molar-refractivity contribution in [2.24, 2.45) is 0 Å². The van der Waals surface area contributed by atoms with Crippen LogP contribution in [-0.2, 0) is 4.79 Å². The first-order chi connectivity index (χ1) is 9.56. The standard InChI is InChI=1S/C16H26N2O2/c1-4-12(3)18-16(20)10-11-17-15(5-2)13-6-8-14(19)9-7-13/h6-9,12,15,17,19H,4-5,10-11H2,1-3H3,(H,18,20). The lowest BCUT2D eigenvalue weighted by Crippen LogP contribution is -2.34. The van der Waals surface area contributed by atoms with Crippen molar-refractivity contribution in [1.29, 1.82) is 0 Å². The molecule has 4 nitrogen and oxygen atoms in total. The number of phenolic OH excluding ortho intramolecular Hbond substituents is 1. The van der Waals surface area contributed by atoms with Crippen molar-refractivity contribution >= 4 is 5.91 Å². The van der Waals surface area contributed by atoms with Crippen LogP contribution in [0.25, 0.3) is 0 Å². The monoisotopic (exact) mass is 278 g/mol. The van der Waals surface area contributed by atoms with E-state index in [2.05, 4.69) is 24.5 Å². The number of rotatable bonds is 8. The normalized spacial score (nSPS) is 13.8. The second-order valence-corrected chi connectivity index (χ2v) is 5.13. The third kappa shape index (κ3) is 5.61. The predicted molar refractivity (Wildman–Crippen MR) is 81.7 cm³/mol. The van der Waals surface area contributed by atoms with Crippen LogP contribution in [0.3, 0.4) is 0 Å². The zero-order chi connectivity index (χ0) is 15.0. The highest BCUT2D eigenvalue weighted by Crippen LogP contribution is 2.19. The van der Waals surface area contributed by atoms with E-state index in [-0.39, 0.29) is 23.7 Å². The van der Waals surface area contributed by atoms with Gasteiger partial charge < -0.3 is 15.7 Å². The Labute approximate surface area is 121 Å². The number of amides is 1. The van der Waals surface area contributed by atoms with Crippen LogP contribution < -0.4 is 10.6 Å². The van der Waals surface area contributed by atoms with E-state index in [0.717, 1.165) is 18.4 Å². The van der Waals surface area contributed by atoms with Crippen molar-refractivity contribution in [1.82, 2.24) is 10.6 Å². The van der Waals surface area contributed by atoms with Crippen molar-refractivity contribution in [3.8, 4) is 5.75 Å². The zero-order valence-corrected chi connectivity index (χ0v) is 12.6. The summed E-state index contributed by atoms with van der Waals surface area (Å²) in [4.78, 5) is 11.7. The molecule has 0 radical (unpaired) electrons. The third-order valence-corrected chi connectivity index (χ3v) is 3.47. The van der Waals surface area contributed by atoms with Gasteiger partial charge >= 0.3 is 0 Å². The van der Waals surface area contributed by atoms with Crippen molar-refractivity contribution in [2.45, 2.75) is 52.1 Å². The molecule has 0 saturated carbocycles. The zero-order valence-electron chi connectivity index (χ0n) is 12.6. The van der Waals surface area contributed by atoms with E-state index >= 15 is 0 Å². The second kappa shape index (κ2) is 8.59. The first-order valence-electron chi connectivity index (χ1n) is 7.38. The van der Waals surface area contributed by atoms with Crippen LogP contribution in [0.4, 0.5) is 0 Å². The van der Waals surface area contributed by atoms with Gasteiger partial charge in [-0.25, -0.2) is 0 Å². The first kappa shape index (κ1) is 16.5. The molecule has 0 heterocycles. The quantitative estimate of drug-likeness (QED) is 0.685. The van der Waals surface area contributed by atoms with Crippen LogP contribution in [0.5, 0.6) is 5.75 Å². The molecule has 0 aliphatic rings. The van der Waals surface area contributed by atoms with Gasteiger partial charge in [-0.15, -0.1) is 0 Å². The van der Waals surface area contributed by atoms with E-state index in [4.69, 9.17) is 0 Å². The van der Waals surface area contributed by atoms with Crippen LogP contribution in [0.15, 0.2) is 24.3 Å². The number of benzene rings is 1. The minimum absolute atomic E-state index is 0.0902. The fourth-order valence-electron chi connectivity index (χ4n) is 2.01. The lowest BCUT2D eigenvalue weighted by Gasteiger charge is -2.18. The molecule has 2 unspecified atom stereocenters. The fourth-order valence-corrected chi connectivity index (χ4v) is 2.01. The van der Waals surface area contributed by atoms with Gasteiger partial charge in [0.2, 0.25) is 5.91 Å². The maximum atomic E-state index is 11.7. The molecule has 0 aliphatic carbocycles. The number of aromatic hydroxyl groups is 1. The van der Waals surface area contributed by atoms with E-state index < -0.39 is 0 Å². The van der Waals surface area contributed by atoms with Gasteiger partial charge in [0.1, 0.15) is 5.75 Å². The van der Waals surface area contributed by atoms with Crippen LogP contribution >= 0.6 is 0 Å². The summed E-state index contributed by atoms with van der Waals surface area (Å²) in [6, 6.07) is 7.66. The van der Waals surface area contributed by atoms with Crippen LogP contribution in [0.2, 0.25) is 0 Å². The summed E-state index contributed by atoms with van der Waals surface area (Å²) in [5.74, 6) is 0.365. The molecule has 2 atom stereocenters. The van der Waals surface area contributed by atoms with Gasteiger partial charge in [0.05, 0.1) is 0 Å². The van der Waals surface area contributed by atoms with E-state index in [9.17, 15) is 9.90 Å². The van der Waals surface area contributed by atoms with Crippen molar-refractivity contribution in [3.63, 3.8) is 0 Å². The van der Waals surface area contributed by atoms with Crippen LogP contribution in [0.1, 0.15) is 51.6 Å². The minimum Gasteiger partial charge on any atom is -0.508 e. The van der Waals surface area contributed by atoms with Gasteiger partial charge in [-0.1, -0.05) is 26.0 Å². The molecule has 0 saturated heterocycles. The topological polar surface area (TPSA) is 61.4 Å². The molecule has 1 rings (SSSR count). The molecular weight excluding hydrogens is 252 g/mol. The van der Waals surface area contributed by atoms with Crippen molar-refractivity contribution in [2.75, 3.05) is 6.54 Å². The number of hydrogen-bond donors (Lipinski definition) is 3. The maximum Gasteiger partial charge on any atom is 0.221 e. The summed E-state index contributed by atoms with van der Waals surface area (Å²) in [6.45, 7) is 6.82. The Kier molecular flexibility index (Phi) is 7.09. The van der Waals surface area contributed by atoms with Gasteiger partial charge in [0, 0.05) is 25.0 Å². The Morgan fingerprint density at radius 1 is 1.20 bits per heavy atom. The largest absolute Gasteiger partial charge is 0.508 e. The lowest BCUT2D eigenvalue weighted by atomic mass is 10.0. The summed E-state index contributed by atoms with van der Waals surface area (Å²) in [7, 11) is 0. The Bertz CT molecular complexity index is 403. The van der Waals surface area contributed by atoms with Gasteiger partial charge in [0.15, 0.2) is 0 Å². The molecule has 0 aliphatic heterocycles. The summed E-state index contributed by atoms with van der Waals surface area (Å²) in [6.07, 6.45) is 2.38. The highest BCUT2D eigenvalue weighted by atomic mass is 16.3. The average molecular weight is 278 g/mol. The molecule has 1 amide bonds. The molecule has 0 spiro atoms. The molecule has 4 heteroatoms. The van der Waals surface area contributed by atoms with Crippen molar-refractivity contribution < 1.29 is 9.90 Å². The summed E-state index contributed by atoms with van der Waals surface area (Å²) in [5.41, 5.74) is 1.13. The summed E-state index contributed by atoms with van der Waals surface area (Å²) < 4.78 is 0. The smallest absolute Gasteiger partial charge is 0.221 e. The Morgan fingerprint density at radius 3 is 2.40 bits per heavy atom. The second-order valence-electron chi connectivity index (χ2n) is 5.13. The molecule has 0 aromatic heterocycles. The SMILES string of the molecule is CCC(C)NC(=O)CCNC(CC)c1ccc(O)cc1.